The topological polar surface area (TPSA) is 78.4 Å². The minimum Gasteiger partial charge on any atom is -0.488 e. The molecule has 8 heteroatoms. The van der Waals surface area contributed by atoms with Crippen LogP contribution in [0.3, 0.4) is 0 Å². The lowest BCUT2D eigenvalue weighted by Gasteiger charge is -2.07. The van der Waals surface area contributed by atoms with Crippen molar-refractivity contribution >= 4 is 34.0 Å². The van der Waals surface area contributed by atoms with E-state index < -0.39 is 10.7 Å². The predicted octanol–water partition coefficient (Wildman–Crippen LogP) is 2.26. The van der Waals surface area contributed by atoms with E-state index in [9.17, 15) is 14.5 Å². The molecule has 0 aliphatic rings. The number of nitrogens with zero attached hydrogens (tertiary/aromatic N) is 1. The Balaban J connectivity index is 0.00000225. The van der Waals surface area contributed by atoms with E-state index in [1.165, 1.54) is 6.07 Å². The summed E-state index contributed by atoms with van der Waals surface area (Å²) in [5.74, 6) is -0.851. The van der Waals surface area contributed by atoms with Gasteiger partial charge < -0.3 is 10.5 Å². The van der Waals surface area contributed by atoms with E-state index in [4.69, 9.17) is 10.5 Å². The van der Waals surface area contributed by atoms with Gasteiger partial charge in [-0.2, -0.15) is 0 Å². The second kappa shape index (κ2) is 6.62. The number of nitro benzene ring substituents is 1. The molecule has 0 bridgehead atoms. The number of hydrogen-bond acceptors (Lipinski definition) is 4. The summed E-state index contributed by atoms with van der Waals surface area (Å²) < 4.78 is 18.5. The van der Waals surface area contributed by atoms with Crippen LogP contribution in [0.4, 0.5) is 10.1 Å². The molecule has 0 radical (unpaired) electrons. The molecule has 0 unspecified atom stereocenters. The molecule has 0 aliphatic carbocycles. The van der Waals surface area contributed by atoms with E-state index in [-0.39, 0.29) is 41.5 Å². The van der Waals surface area contributed by atoms with Gasteiger partial charge in [-0.05, 0) is 15.9 Å². The van der Waals surface area contributed by atoms with Crippen molar-refractivity contribution < 1.29 is 14.1 Å². The number of benzene rings is 1. The van der Waals surface area contributed by atoms with Gasteiger partial charge in [0.2, 0.25) is 0 Å². The van der Waals surface area contributed by atoms with Crippen LogP contribution < -0.4 is 10.5 Å². The number of hydrogen-bond donors (Lipinski definition) is 1. The molecule has 0 saturated carbocycles. The van der Waals surface area contributed by atoms with Crippen molar-refractivity contribution in [1.82, 2.24) is 0 Å². The highest BCUT2D eigenvalue weighted by Crippen LogP contribution is 2.32. The summed E-state index contributed by atoms with van der Waals surface area (Å²) >= 11 is 2.99. The van der Waals surface area contributed by atoms with Crippen LogP contribution in [0.5, 0.6) is 5.75 Å². The molecule has 0 fully saturated rings. The fourth-order valence-electron chi connectivity index (χ4n) is 0.951. The van der Waals surface area contributed by atoms with Crippen LogP contribution in [0, 0.1) is 15.9 Å². The molecule has 0 aromatic heterocycles. The molecule has 1 aromatic rings. The van der Waals surface area contributed by atoms with Crippen molar-refractivity contribution in [3.8, 4) is 5.75 Å². The summed E-state index contributed by atoms with van der Waals surface area (Å²) in [4.78, 5) is 9.71. The Hall–Kier alpha value is -0.920. The van der Waals surface area contributed by atoms with Gasteiger partial charge in [0.1, 0.15) is 6.61 Å². The predicted molar refractivity (Wildman–Crippen MR) is 62.6 cm³/mol. The highest BCUT2D eigenvalue weighted by Gasteiger charge is 2.16. The van der Waals surface area contributed by atoms with Crippen LogP contribution in [0.2, 0.25) is 0 Å². The summed E-state index contributed by atoms with van der Waals surface area (Å²) in [5, 5.41) is 10.4. The van der Waals surface area contributed by atoms with Crippen molar-refractivity contribution in [2.45, 2.75) is 0 Å². The van der Waals surface area contributed by atoms with E-state index >= 15 is 0 Å². The van der Waals surface area contributed by atoms with Crippen LogP contribution in [0.1, 0.15) is 0 Å². The van der Waals surface area contributed by atoms with Gasteiger partial charge in [-0.1, -0.05) is 0 Å². The minimum atomic E-state index is -0.787. The summed E-state index contributed by atoms with van der Waals surface area (Å²) in [6, 6.07) is 1.98. The van der Waals surface area contributed by atoms with E-state index in [1.807, 2.05) is 0 Å². The SMILES string of the molecule is Cl.NCCOc1c(F)cc([N+](=O)[O-])cc1Br. The Morgan fingerprint density at radius 1 is 1.56 bits per heavy atom. The summed E-state index contributed by atoms with van der Waals surface area (Å²) in [7, 11) is 0. The standard InChI is InChI=1S/C8H8BrFN2O3.ClH/c9-6-3-5(12(13)14)4-7(10)8(6)15-2-1-11;/h3-4H,1-2,11H2;1H. The smallest absolute Gasteiger partial charge is 0.273 e. The van der Waals surface area contributed by atoms with Crippen molar-refractivity contribution in [3.63, 3.8) is 0 Å². The third kappa shape index (κ3) is 3.58. The summed E-state index contributed by atoms with van der Waals surface area (Å²) in [5.41, 5.74) is 4.85. The number of non-ortho nitro benzene ring substituents is 1. The molecular weight excluding hydrogens is 306 g/mol. The lowest BCUT2D eigenvalue weighted by Crippen LogP contribution is -2.11. The van der Waals surface area contributed by atoms with E-state index in [0.29, 0.717) is 0 Å². The summed E-state index contributed by atoms with van der Waals surface area (Å²) in [6.45, 7) is 0.385. The molecule has 0 amide bonds. The average molecular weight is 316 g/mol. The first-order valence-electron chi connectivity index (χ1n) is 4.02. The van der Waals surface area contributed by atoms with Gasteiger partial charge in [-0.3, -0.25) is 10.1 Å². The molecule has 1 rings (SSSR count). The van der Waals surface area contributed by atoms with Crippen molar-refractivity contribution in [3.05, 3.63) is 32.5 Å². The maximum atomic E-state index is 13.3. The first-order chi connectivity index (χ1) is 7.06. The fourth-order valence-corrected chi connectivity index (χ4v) is 1.49. The highest BCUT2D eigenvalue weighted by atomic mass is 79.9. The maximum Gasteiger partial charge on any atom is 0.273 e. The zero-order chi connectivity index (χ0) is 11.4. The Kier molecular flexibility index (Phi) is 6.24. The Labute approximate surface area is 105 Å². The molecule has 0 heterocycles. The van der Waals surface area contributed by atoms with E-state index in [0.717, 1.165) is 6.07 Å². The van der Waals surface area contributed by atoms with E-state index in [2.05, 4.69) is 15.9 Å². The van der Waals surface area contributed by atoms with Gasteiger partial charge in [0.05, 0.1) is 15.5 Å². The van der Waals surface area contributed by atoms with Gasteiger partial charge in [-0.25, -0.2) is 4.39 Å². The third-order valence-electron chi connectivity index (χ3n) is 1.56. The minimum absolute atomic E-state index is 0. The Bertz CT molecular complexity index is 369. The van der Waals surface area contributed by atoms with Gasteiger partial charge >= 0.3 is 0 Å². The third-order valence-corrected chi connectivity index (χ3v) is 2.15. The van der Waals surface area contributed by atoms with Crippen LogP contribution in [-0.4, -0.2) is 18.1 Å². The van der Waals surface area contributed by atoms with Gasteiger partial charge in [0, 0.05) is 12.6 Å². The molecule has 0 spiro atoms. The second-order valence-corrected chi connectivity index (χ2v) is 3.49. The van der Waals surface area contributed by atoms with Crippen molar-refractivity contribution in [2.75, 3.05) is 13.2 Å². The van der Waals surface area contributed by atoms with Crippen molar-refractivity contribution in [2.24, 2.45) is 5.73 Å². The molecule has 5 nitrogen and oxygen atoms in total. The quantitative estimate of drug-likeness (QED) is 0.683. The number of rotatable bonds is 4. The Morgan fingerprint density at radius 3 is 2.62 bits per heavy atom. The van der Waals surface area contributed by atoms with E-state index in [1.54, 1.807) is 0 Å². The number of nitro groups is 1. The molecule has 16 heavy (non-hydrogen) atoms. The molecule has 0 aliphatic heterocycles. The first kappa shape index (κ1) is 15.1. The van der Waals surface area contributed by atoms with Gasteiger partial charge in [0.15, 0.2) is 11.6 Å². The molecule has 1 aromatic carbocycles. The molecule has 0 atom stereocenters. The number of halogens is 3. The monoisotopic (exact) mass is 314 g/mol. The second-order valence-electron chi connectivity index (χ2n) is 2.63. The Morgan fingerprint density at radius 2 is 2.19 bits per heavy atom. The number of ether oxygens (including phenoxy) is 1. The molecular formula is C8H9BrClFN2O3. The van der Waals surface area contributed by atoms with Gasteiger partial charge in [-0.15, -0.1) is 12.4 Å². The average Bonchev–Trinajstić information content (AvgIpc) is 2.16. The molecule has 2 N–H and O–H groups in total. The van der Waals surface area contributed by atoms with Crippen molar-refractivity contribution in [1.29, 1.82) is 0 Å². The lowest BCUT2D eigenvalue weighted by molar-refractivity contribution is -0.385. The van der Waals surface area contributed by atoms with Crippen LogP contribution in [-0.2, 0) is 0 Å². The largest absolute Gasteiger partial charge is 0.488 e. The maximum absolute atomic E-state index is 13.3. The normalized spacial score (nSPS) is 9.44. The zero-order valence-electron chi connectivity index (χ0n) is 7.98. The first-order valence-corrected chi connectivity index (χ1v) is 4.82. The van der Waals surface area contributed by atoms with Gasteiger partial charge in [0.25, 0.3) is 5.69 Å². The molecule has 0 saturated heterocycles. The van der Waals surface area contributed by atoms with Crippen LogP contribution in [0.15, 0.2) is 16.6 Å². The van der Waals surface area contributed by atoms with Crippen LogP contribution >= 0.6 is 28.3 Å². The summed E-state index contributed by atoms with van der Waals surface area (Å²) in [6.07, 6.45) is 0. The fraction of sp³-hybridized carbons (Fsp3) is 0.250. The highest BCUT2D eigenvalue weighted by molar-refractivity contribution is 9.10. The number of nitrogens with two attached hydrogens (primary N) is 1. The van der Waals surface area contributed by atoms with Crippen LogP contribution in [0.25, 0.3) is 0 Å². The lowest BCUT2D eigenvalue weighted by atomic mass is 10.3. The zero-order valence-corrected chi connectivity index (χ0v) is 10.4. The molecule has 90 valence electrons.